The summed E-state index contributed by atoms with van der Waals surface area (Å²) in [6.07, 6.45) is 4.43. The van der Waals surface area contributed by atoms with Crippen molar-refractivity contribution >= 4 is 11.6 Å². The molecular formula is C16H24N2O3. The Kier molecular flexibility index (Phi) is 6.85. The molecular weight excluding hydrogens is 268 g/mol. The molecule has 1 atom stereocenters. The third-order valence-electron chi connectivity index (χ3n) is 3.76. The average Bonchev–Trinajstić information content (AvgIpc) is 2.47. The van der Waals surface area contributed by atoms with E-state index in [1.807, 2.05) is 0 Å². The number of carbonyl (C=O) groups excluding carboxylic acids is 1. The first-order valence-corrected chi connectivity index (χ1v) is 7.52. The summed E-state index contributed by atoms with van der Waals surface area (Å²) >= 11 is 0. The van der Waals surface area contributed by atoms with Gasteiger partial charge in [0.1, 0.15) is 0 Å². The molecule has 0 aliphatic rings. The number of hydrogen-bond donors (Lipinski definition) is 1. The van der Waals surface area contributed by atoms with Crippen molar-refractivity contribution in [2.45, 2.75) is 46.5 Å². The van der Waals surface area contributed by atoms with E-state index >= 15 is 0 Å². The fourth-order valence-electron chi connectivity index (χ4n) is 2.23. The number of nitrogens with zero attached hydrogens (tertiary/aromatic N) is 1. The fourth-order valence-corrected chi connectivity index (χ4v) is 2.23. The molecule has 1 rings (SSSR count). The standard InChI is InChI=1S/C16H24N2O3/c1-4-6-7-13(5-2)11-17-16(19)14-9-8-12(3)15(10-14)18(20)21/h8-10,13H,4-7,11H2,1-3H3,(H,17,19)/t13-/m1/s1. The van der Waals surface area contributed by atoms with Gasteiger partial charge in [-0.05, 0) is 25.3 Å². The zero-order valence-corrected chi connectivity index (χ0v) is 13.0. The maximum absolute atomic E-state index is 12.1. The summed E-state index contributed by atoms with van der Waals surface area (Å²) in [6, 6.07) is 4.59. The molecule has 21 heavy (non-hydrogen) atoms. The second kappa shape index (κ2) is 8.39. The van der Waals surface area contributed by atoms with Gasteiger partial charge in [-0.25, -0.2) is 0 Å². The van der Waals surface area contributed by atoms with E-state index in [0.29, 0.717) is 23.6 Å². The molecule has 5 heteroatoms. The van der Waals surface area contributed by atoms with Gasteiger partial charge in [0.05, 0.1) is 4.92 Å². The quantitative estimate of drug-likeness (QED) is 0.584. The van der Waals surface area contributed by atoms with E-state index in [2.05, 4.69) is 19.2 Å². The van der Waals surface area contributed by atoms with Crippen molar-refractivity contribution in [3.05, 3.63) is 39.4 Å². The number of benzene rings is 1. The summed E-state index contributed by atoms with van der Waals surface area (Å²) in [4.78, 5) is 22.5. The third kappa shape index (κ3) is 5.17. The van der Waals surface area contributed by atoms with Crippen molar-refractivity contribution in [1.82, 2.24) is 5.32 Å². The van der Waals surface area contributed by atoms with Crippen LogP contribution in [0, 0.1) is 23.0 Å². The summed E-state index contributed by atoms with van der Waals surface area (Å²) in [6.45, 7) is 6.55. The van der Waals surface area contributed by atoms with Crippen molar-refractivity contribution in [2.75, 3.05) is 6.54 Å². The molecule has 116 valence electrons. The Hall–Kier alpha value is -1.91. The first kappa shape index (κ1) is 17.1. The highest BCUT2D eigenvalue weighted by molar-refractivity contribution is 5.94. The minimum absolute atomic E-state index is 0.0133. The third-order valence-corrected chi connectivity index (χ3v) is 3.76. The van der Waals surface area contributed by atoms with Crippen molar-refractivity contribution in [1.29, 1.82) is 0 Å². The Balaban J connectivity index is 2.67. The first-order chi connectivity index (χ1) is 9.99. The topological polar surface area (TPSA) is 72.2 Å². The molecule has 0 aliphatic carbocycles. The van der Waals surface area contributed by atoms with E-state index < -0.39 is 4.92 Å². The van der Waals surface area contributed by atoms with E-state index in [9.17, 15) is 14.9 Å². The Bertz CT molecular complexity index is 500. The summed E-state index contributed by atoms with van der Waals surface area (Å²) in [5, 5.41) is 13.8. The van der Waals surface area contributed by atoms with E-state index in [4.69, 9.17) is 0 Å². The second-order valence-electron chi connectivity index (χ2n) is 5.38. The number of aryl methyl sites for hydroxylation is 1. The maximum atomic E-state index is 12.1. The summed E-state index contributed by atoms with van der Waals surface area (Å²) < 4.78 is 0. The van der Waals surface area contributed by atoms with Crippen LogP contribution in [0.25, 0.3) is 0 Å². The number of nitro benzene ring substituents is 1. The highest BCUT2D eigenvalue weighted by Crippen LogP contribution is 2.19. The van der Waals surface area contributed by atoms with Gasteiger partial charge >= 0.3 is 0 Å². The van der Waals surface area contributed by atoms with Crippen LogP contribution in [0.15, 0.2) is 18.2 Å². The van der Waals surface area contributed by atoms with Crippen LogP contribution in [0.1, 0.15) is 55.5 Å². The Morgan fingerprint density at radius 2 is 2.10 bits per heavy atom. The highest BCUT2D eigenvalue weighted by Gasteiger charge is 2.15. The van der Waals surface area contributed by atoms with Gasteiger partial charge in [-0.2, -0.15) is 0 Å². The fraction of sp³-hybridized carbons (Fsp3) is 0.562. The van der Waals surface area contributed by atoms with Crippen LogP contribution in [0.4, 0.5) is 5.69 Å². The van der Waals surface area contributed by atoms with Crippen molar-refractivity contribution < 1.29 is 9.72 Å². The number of amides is 1. The van der Waals surface area contributed by atoms with Gasteiger partial charge in [0.2, 0.25) is 0 Å². The van der Waals surface area contributed by atoms with E-state index in [0.717, 1.165) is 25.7 Å². The van der Waals surface area contributed by atoms with Gasteiger partial charge in [-0.1, -0.05) is 39.2 Å². The maximum Gasteiger partial charge on any atom is 0.273 e. The van der Waals surface area contributed by atoms with Crippen LogP contribution in [0.2, 0.25) is 0 Å². The molecule has 0 saturated heterocycles. The zero-order valence-electron chi connectivity index (χ0n) is 13.0. The Labute approximate surface area is 125 Å². The molecule has 0 heterocycles. The van der Waals surface area contributed by atoms with Crippen LogP contribution in [0.3, 0.4) is 0 Å². The van der Waals surface area contributed by atoms with E-state index in [-0.39, 0.29) is 11.6 Å². The highest BCUT2D eigenvalue weighted by atomic mass is 16.6. The van der Waals surface area contributed by atoms with Gasteiger partial charge in [-0.3, -0.25) is 14.9 Å². The molecule has 0 saturated carbocycles. The largest absolute Gasteiger partial charge is 0.352 e. The second-order valence-corrected chi connectivity index (χ2v) is 5.38. The molecule has 0 aromatic heterocycles. The zero-order chi connectivity index (χ0) is 15.8. The SMILES string of the molecule is CCCC[C@@H](CC)CNC(=O)c1ccc(C)c([N+](=O)[O-])c1. The molecule has 0 unspecified atom stereocenters. The number of hydrogen-bond acceptors (Lipinski definition) is 3. The lowest BCUT2D eigenvalue weighted by Crippen LogP contribution is -2.29. The lowest BCUT2D eigenvalue weighted by Gasteiger charge is -2.15. The van der Waals surface area contributed by atoms with E-state index in [1.54, 1.807) is 19.1 Å². The van der Waals surface area contributed by atoms with Crippen LogP contribution >= 0.6 is 0 Å². The van der Waals surface area contributed by atoms with Gasteiger partial charge < -0.3 is 5.32 Å². The lowest BCUT2D eigenvalue weighted by atomic mass is 9.99. The van der Waals surface area contributed by atoms with Crippen LogP contribution in [-0.4, -0.2) is 17.4 Å². The molecule has 5 nitrogen and oxygen atoms in total. The molecule has 0 spiro atoms. The monoisotopic (exact) mass is 292 g/mol. The minimum Gasteiger partial charge on any atom is -0.352 e. The average molecular weight is 292 g/mol. The molecule has 1 aromatic rings. The summed E-state index contributed by atoms with van der Waals surface area (Å²) in [7, 11) is 0. The summed E-state index contributed by atoms with van der Waals surface area (Å²) in [5.74, 6) is 0.224. The number of unbranched alkanes of at least 4 members (excludes halogenated alkanes) is 1. The molecule has 1 N–H and O–H groups in total. The van der Waals surface area contributed by atoms with Crippen LogP contribution in [0.5, 0.6) is 0 Å². The number of nitrogens with one attached hydrogen (secondary N) is 1. The molecule has 0 fully saturated rings. The lowest BCUT2D eigenvalue weighted by molar-refractivity contribution is -0.385. The van der Waals surface area contributed by atoms with Crippen molar-refractivity contribution in [2.24, 2.45) is 5.92 Å². The van der Waals surface area contributed by atoms with Crippen molar-refractivity contribution in [3.8, 4) is 0 Å². The molecule has 0 aliphatic heterocycles. The van der Waals surface area contributed by atoms with E-state index in [1.165, 1.54) is 6.07 Å². The summed E-state index contributed by atoms with van der Waals surface area (Å²) in [5.41, 5.74) is 0.893. The number of nitro groups is 1. The van der Waals surface area contributed by atoms with Gasteiger partial charge in [0, 0.05) is 23.7 Å². The first-order valence-electron chi connectivity index (χ1n) is 7.52. The molecule has 1 amide bonds. The Morgan fingerprint density at radius 3 is 2.67 bits per heavy atom. The number of carbonyl (C=O) groups is 1. The predicted molar refractivity (Wildman–Crippen MR) is 83.5 cm³/mol. The minimum atomic E-state index is -0.456. The van der Waals surface area contributed by atoms with Gasteiger partial charge in [0.15, 0.2) is 0 Å². The molecule has 0 radical (unpaired) electrons. The van der Waals surface area contributed by atoms with Gasteiger partial charge in [0.25, 0.3) is 11.6 Å². The normalized spacial score (nSPS) is 12.0. The van der Waals surface area contributed by atoms with Crippen LogP contribution < -0.4 is 5.32 Å². The van der Waals surface area contributed by atoms with Gasteiger partial charge in [-0.15, -0.1) is 0 Å². The number of rotatable bonds is 8. The molecule has 1 aromatic carbocycles. The molecule has 0 bridgehead atoms. The van der Waals surface area contributed by atoms with Crippen LogP contribution in [-0.2, 0) is 0 Å². The van der Waals surface area contributed by atoms with Crippen molar-refractivity contribution in [3.63, 3.8) is 0 Å². The smallest absolute Gasteiger partial charge is 0.273 e. The Morgan fingerprint density at radius 1 is 1.38 bits per heavy atom. The predicted octanol–water partition coefficient (Wildman–Crippen LogP) is 3.85.